The molecular formula is C18H28N2O5. The lowest BCUT2D eigenvalue weighted by molar-refractivity contribution is -0.150. The number of benzene rings is 1. The highest BCUT2D eigenvalue weighted by Crippen LogP contribution is 2.39. The van der Waals surface area contributed by atoms with Crippen LogP contribution in [0.5, 0.6) is 17.2 Å². The Balaban J connectivity index is 2.09. The van der Waals surface area contributed by atoms with Crippen molar-refractivity contribution in [2.45, 2.75) is 32.2 Å². The number of piperidine rings is 1. The van der Waals surface area contributed by atoms with Crippen LogP contribution in [0.15, 0.2) is 12.1 Å². The third-order valence-corrected chi connectivity index (χ3v) is 4.32. The van der Waals surface area contributed by atoms with Crippen molar-refractivity contribution in [2.24, 2.45) is 0 Å². The Morgan fingerprint density at radius 1 is 1.16 bits per heavy atom. The summed E-state index contributed by atoms with van der Waals surface area (Å²) in [6, 6.07) is 3.51. The lowest BCUT2D eigenvalue weighted by Gasteiger charge is -2.34. The van der Waals surface area contributed by atoms with Gasteiger partial charge in [-0.05, 0) is 19.8 Å². The summed E-state index contributed by atoms with van der Waals surface area (Å²) >= 11 is 0. The zero-order chi connectivity index (χ0) is 18.2. The number of ether oxygens (including phenoxy) is 4. The van der Waals surface area contributed by atoms with E-state index in [1.165, 1.54) is 0 Å². The fourth-order valence-corrected chi connectivity index (χ4v) is 3.06. The SMILES string of the molecule is CCOC(=O)[C@@H]1CCCCN1CNc1cc(OC)c(OC)c(OC)c1. The van der Waals surface area contributed by atoms with Crippen LogP contribution in [0, 0.1) is 0 Å². The van der Waals surface area contributed by atoms with Crippen LogP contribution in [-0.4, -0.2) is 58.1 Å². The molecule has 140 valence electrons. The van der Waals surface area contributed by atoms with Crippen LogP contribution in [-0.2, 0) is 9.53 Å². The fraction of sp³-hybridized carbons (Fsp3) is 0.611. The second-order valence-corrected chi connectivity index (χ2v) is 5.82. The van der Waals surface area contributed by atoms with Gasteiger partial charge in [-0.15, -0.1) is 0 Å². The Morgan fingerprint density at radius 2 is 1.84 bits per heavy atom. The molecule has 1 aromatic rings. The van der Waals surface area contributed by atoms with Gasteiger partial charge in [-0.25, -0.2) is 0 Å². The first-order chi connectivity index (χ1) is 12.1. The maximum Gasteiger partial charge on any atom is 0.323 e. The van der Waals surface area contributed by atoms with E-state index in [-0.39, 0.29) is 12.0 Å². The predicted molar refractivity (Wildman–Crippen MR) is 95.6 cm³/mol. The van der Waals surface area contributed by atoms with Gasteiger partial charge in [-0.3, -0.25) is 9.69 Å². The number of nitrogens with zero attached hydrogens (tertiary/aromatic N) is 1. The second kappa shape index (κ2) is 9.36. The lowest BCUT2D eigenvalue weighted by Crippen LogP contribution is -2.47. The average molecular weight is 352 g/mol. The van der Waals surface area contributed by atoms with Crippen LogP contribution in [0.1, 0.15) is 26.2 Å². The van der Waals surface area contributed by atoms with Gasteiger partial charge < -0.3 is 24.3 Å². The van der Waals surface area contributed by atoms with E-state index >= 15 is 0 Å². The van der Waals surface area contributed by atoms with Crippen molar-refractivity contribution in [1.82, 2.24) is 4.90 Å². The summed E-state index contributed by atoms with van der Waals surface area (Å²) < 4.78 is 21.3. The van der Waals surface area contributed by atoms with Crippen molar-refractivity contribution in [1.29, 1.82) is 0 Å². The molecule has 2 rings (SSSR count). The lowest BCUT2D eigenvalue weighted by atomic mass is 10.0. The van der Waals surface area contributed by atoms with Gasteiger partial charge in [-0.2, -0.15) is 0 Å². The summed E-state index contributed by atoms with van der Waals surface area (Å²) in [6.07, 6.45) is 2.95. The number of hydrogen-bond donors (Lipinski definition) is 1. The zero-order valence-corrected chi connectivity index (χ0v) is 15.5. The van der Waals surface area contributed by atoms with Crippen LogP contribution in [0.4, 0.5) is 5.69 Å². The molecule has 1 atom stereocenters. The molecule has 0 amide bonds. The van der Waals surface area contributed by atoms with Crippen LogP contribution < -0.4 is 19.5 Å². The Bertz CT molecular complexity index is 554. The van der Waals surface area contributed by atoms with Crippen molar-refractivity contribution in [2.75, 3.05) is 46.5 Å². The Hall–Kier alpha value is -2.15. The highest BCUT2D eigenvalue weighted by atomic mass is 16.5. The van der Waals surface area contributed by atoms with Gasteiger partial charge in [0.15, 0.2) is 11.5 Å². The molecular weight excluding hydrogens is 324 g/mol. The molecule has 1 aromatic carbocycles. The van der Waals surface area contributed by atoms with E-state index < -0.39 is 0 Å². The van der Waals surface area contributed by atoms with Gasteiger partial charge in [0.25, 0.3) is 0 Å². The normalized spacial score (nSPS) is 17.7. The topological polar surface area (TPSA) is 69.3 Å². The molecule has 7 heteroatoms. The van der Waals surface area contributed by atoms with E-state index in [0.29, 0.717) is 30.5 Å². The molecule has 1 aliphatic rings. The van der Waals surface area contributed by atoms with E-state index in [0.717, 1.165) is 31.5 Å². The highest BCUT2D eigenvalue weighted by Gasteiger charge is 2.29. The number of anilines is 1. The van der Waals surface area contributed by atoms with Crippen LogP contribution >= 0.6 is 0 Å². The maximum atomic E-state index is 12.2. The first-order valence-electron chi connectivity index (χ1n) is 8.59. The van der Waals surface area contributed by atoms with Crippen LogP contribution in [0.3, 0.4) is 0 Å². The van der Waals surface area contributed by atoms with E-state index in [9.17, 15) is 4.79 Å². The summed E-state index contributed by atoms with van der Waals surface area (Å²) in [6.45, 7) is 3.64. The van der Waals surface area contributed by atoms with Gasteiger partial charge in [0, 0.05) is 24.4 Å². The second-order valence-electron chi connectivity index (χ2n) is 5.82. The Labute approximate surface area is 149 Å². The summed E-state index contributed by atoms with van der Waals surface area (Å²) in [5.74, 6) is 1.58. The number of nitrogens with one attached hydrogen (secondary N) is 1. The molecule has 0 bridgehead atoms. The van der Waals surface area contributed by atoms with Gasteiger partial charge in [0.2, 0.25) is 5.75 Å². The number of methoxy groups -OCH3 is 3. The van der Waals surface area contributed by atoms with Crippen molar-refractivity contribution in [3.05, 3.63) is 12.1 Å². The average Bonchev–Trinajstić information content (AvgIpc) is 2.65. The summed E-state index contributed by atoms with van der Waals surface area (Å²) in [7, 11) is 4.75. The van der Waals surface area contributed by atoms with Crippen LogP contribution in [0.25, 0.3) is 0 Å². The first-order valence-corrected chi connectivity index (χ1v) is 8.59. The quantitative estimate of drug-likeness (QED) is 0.721. The molecule has 0 spiro atoms. The third-order valence-electron chi connectivity index (χ3n) is 4.32. The molecule has 0 saturated carbocycles. The molecule has 0 aromatic heterocycles. The number of rotatable bonds is 8. The van der Waals surface area contributed by atoms with E-state index in [4.69, 9.17) is 18.9 Å². The maximum absolute atomic E-state index is 12.2. The molecule has 1 fully saturated rings. The number of likely N-dealkylation sites (tertiary alicyclic amines) is 1. The molecule has 1 N–H and O–H groups in total. The van der Waals surface area contributed by atoms with Crippen LogP contribution in [0.2, 0.25) is 0 Å². The smallest absolute Gasteiger partial charge is 0.323 e. The number of hydrogen-bond acceptors (Lipinski definition) is 7. The molecule has 0 aliphatic carbocycles. The summed E-state index contributed by atoms with van der Waals surface area (Å²) in [5, 5.41) is 3.34. The van der Waals surface area contributed by atoms with E-state index in [1.807, 2.05) is 19.1 Å². The molecule has 25 heavy (non-hydrogen) atoms. The molecule has 0 radical (unpaired) electrons. The molecule has 1 heterocycles. The van der Waals surface area contributed by atoms with Crippen molar-refractivity contribution in [3.8, 4) is 17.2 Å². The van der Waals surface area contributed by atoms with Crippen molar-refractivity contribution in [3.63, 3.8) is 0 Å². The minimum absolute atomic E-state index is 0.145. The highest BCUT2D eigenvalue weighted by molar-refractivity contribution is 5.76. The van der Waals surface area contributed by atoms with Gasteiger partial charge in [-0.1, -0.05) is 6.42 Å². The molecule has 1 saturated heterocycles. The van der Waals surface area contributed by atoms with E-state index in [2.05, 4.69) is 10.2 Å². The first kappa shape index (κ1) is 19.2. The minimum Gasteiger partial charge on any atom is -0.493 e. The predicted octanol–water partition coefficient (Wildman–Crippen LogP) is 2.50. The van der Waals surface area contributed by atoms with Crippen molar-refractivity contribution >= 4 is 11.7 Å². The minimum atomic E-state index is -0.191. The molecule has 7 nitrogen and oxygen atoms in total. The Kier molecular flexibility index (Phi) is 7.18. The largest absolute Gasteiger partial charge is 0.493 e. The molecule has 1 aliphatic heterocycles. The Morgan fingerprint density at radius 3 is 2.40 bits per heavy atom. The summed E-state index contributed by atoms with van der Waals surface area (Å²) in [5.41, 5.74) is 0.836. The number of esters is 1. The van der Waals surface area contributed by atoms with Gasteiger partial charge >= 0.3 is 5.97 Å². The summed E-state index contributed by atoms with van der Waals surface area (Å²) in [4.78, 5) is 14.3. The molecule has 0 unspecified atom stereocenters. The van der Waals surface area contributed by atoms with Crippen molar-refractivity contribution < 1.29 is 23.7 Å². The zero-order valence-electron chi connectivity index (χ0n) is 15.5. The number of carbonyl (C=O) groups excluding carboxylic acids is 1. The fourth-order valence-electron chi connectivity index (χ4n) is 3.06. The third kappa shape index (κ3) is 4.69. The monoisotopic (exact) mass is 352 g/mol. The van der Waals surface area contributed by atoms with Gasteiger partial charge in [0.05, 0.1) is 34.6 Å². The van der Waals surface area contributed by atoms with Gasteiger partial charge in [0.1, 0.15) is 6.04 Å². The standard InChI is InChI=1S/C18H28N2O5/c1-5-25-18(21)14-8-6-7-9-20(14)12-19-13-10-15(22-2)17(24-4)16(11-13)23-3/h10-11,14,19H,5-9,12H2,1-4H3/t14-/m0/s1. The number of carbonyl (C=O) groups is 1. The van der Waals surface area contributed by atoms with E-state index in [1.54, 1.807) is 21.3 Å².